The summed E-state index contributed by atoms with van der Waals surface area (Å²) in [5, 5.41) is 1.02. The van der Waals surface area contributed by atoms with Crippen LogP contribution in [0.3, 0.4) is 0 Å². The van der Waals surface area contributed by atoms with Crippen LogP contribution >= 0.6 is 46.4 Å². The Labute approximate surface area is 429 Å². The van der Waals surface area contributed by atoms with Crippen molar-refractivity contribution in [1.29, 1.82) is 0 Å². The first-order valence-corrected chi connectivity index (χ1v) is 25.3. The number of esters is 4. The summed E-state index contributed by atoms with van der Waals surface area (Å²) < 4.78 is 34.0. The highest BCUT2D eigenvalue weighted by molar-refractivity contribution is 6.38. The number of hydrogen-bond acceptors (Lipinski definition) is 10. The lowest BCUT2D eigenvalue weighted by Gasteiger charge is -2.12. The SMILES string of the molecule is CCCCCCCCCOc1ccc(C(=O)Oc2c(Cl)cc(C(=O)Oc3ccc4ccc(OC(=O)c5cc(Cl)c(OC(=O)c6ccc(OCCCCCCCCC)cc6)c(Cl)c5)cc4c3)cc2Cl)cc1. The summed E-state index contributed by atoms with van der Waals surface area (Å²) in [6.07, 6.45) is 16.6. The van der Waals surface area contributed by atoms with Crippen molar-refractivity contribution in [3.8, 4) is 34.5 Å². The number of halogens is 4. The van der Waals surface area contributed by atoms with Gasteiger partial charge in [-0.2, -0.15) is 0 Å². The molecule has 6 aromatic carbocycles. The molecular weight excluding hydrogens is 974 g/mol. The van der Waals surface area contributed by atoms with Crippen LogP contribution in [0, 0.1) is 0 Å². The van der Waals surface area contributed by atoms with Gasteiger partial charge < -0.3 is 28.4 Å². The van der Waals surface area contributed by atoms with Crippen molar-refractivity contribution >= 4 is 81.1 Å². The normalized spacial score (nSPS) is 11.0. The molecule has 0 fully saturated rings. The maximum atomic E-state index is 13.3. The number of ether oxygens (including phenoxy) is 6. The largest absolute Gasteiger partial charge is 0.494 e. The highest BCUT2D eigenvalue weighted by Crippen LogP contribution is 2.37. The number of hydrogen-bond donors (Lipinski definition) is 0. The first-order valence-electron chi connectivity index (χ1n) is 23.8. The first-order chi connectivity index (χ1) is 33.9. The standard InChI is InChI=1S/C56H56Cl4O10/c1-3-5-7-9-11-13-15-29-65-43-23-19-38(20-24-43)53(61)69-51-47(57)33-41(34-48(51)58)55(63)67-45-27-17-37-18-28-46(32-40(37)31-45)68-56(64)42-35-49(59)52(50(60)36-42)70-54(62)39-21-25-44(26-22-39)66-30-16-14-12-10-8-6-4-2/h17-28,31-36H,3-16,29-30H2,1-2H3. The second-order valence-electron chi connectivity index (χ2n) is 16.8. The molecule has 14 heteroatoms. The zero-order chi connectivity index (χ0) is 49.8. The van der Waals surface area contributed by atoms with E-state index < -0.39 is 23.9 Å². The van der Waals surface area contributed by atoms with E-state index in [4.69, 9.17) is 74.8 Å². The van der Waals surface area contributed by atoms with Gasteiger partial charge in [0.2, 0.25) is 0 Å². The molecule has 0 unspecified atom stereocenters. The third kappa shape index (κ3) is 16.1. The molecule has 6 rings (SSSR count). The summed E-state index contributed by atoms with van der Waals surface area (Å²) in [4.78, 5) is 52.6. The topological polar surface area (TPSA) is 124 Å². The lowest BCUT2D eigenvalue weighted by molar-refractivity contribution is 0.0720. The molecule has 0 spiro atoms. The number of rotatable bonds is 26. The molecule has 0 atom stereocenters. The van der Waals surface area contributed by atoms with Gasteiger partial charge in [0.05, 0.1) is 55.6 Å². The number of carbonyl (C=O) groups excluding carboxylic acids is 4. The van der Waals surface area contributed by atoms with E-state index in [2.05, 4.69) is 13.8 Å². The van der Waals surface area contributed by atoms with Crippen LogP contribution in [0.15, 0.2) is 109 Å². The van der Waals surface area contributed by atoms with E-state index >= 15 is 0 Å². The van der Waals surface area contributed by atoms with Gasteiger partial charge in [-0.3, -0.25) is 0 Å². The highest BCUT2D eigenvalue weighted by atomic mass is 35.5. The van der Waals surface area contributed by atoms with Crippen LogP contribution in [0.5, 0.6) is 34.5 Å². The molecule has 0 amide bonds. The third-order valence-corrected chi connectivity index (χ3v) is 12.4. The summed E-state index contributed by atoms with van der Waals surface area (Å²) in [5.74, 6) is -1.55. The monoisotopic (exact) mass is 1030 g/mol. The van der Waals surface area contributed by atoms with Crippen LogP contribution < -0.4 is 28.4 Å². The molecule has 0 bridgehead atoms. The number of benzene rings is 6. The molecule has 6 aromatic rings. The van der Waals surface area contributed by atoms with Crippen molar-refractivity contribution in [3.05, 3.63) is 152 Å². The summed E-state index contributed by atoms with van der Waals surface area (Å²) in [5.41, 5.74) is 0.528. The van der Waals surface area contributed by atoms with E-state index in [0.717, 1.165) is 31.1 Å². The molecule has 0 saturated carbocycles. The fourth-order valence-electron chi connectivity index (χ4n) is 7.39. The van der Waals surface area contributed by atoms with E-state index in [9.17, 15) is 19.2 Å². The van der Waals surface area contributed by atoms with E-state index in [1.54, 1.807) is 84.9 Å². The fourth-order valence-corrected chi connectivity index (χ4v) is 8.52. The Kier molecular flexibility index (Phi) is 21.1. The minimum atomic E-state index is -0.782. The predicted octanol–water partition coefficient (Wildman–Crippen LogP) is 16.6. The van der Waals surface area contributed by atoms with E-state index in [1.807, 2.05) is 0 Å². The zero-order valence-electron chi connectivity index (χ0n) is 39.3. The molecule has 0 saturated heterocycles. The maximum Gasteiger partial charge on any atom is 0.343 e. The lowest BCUT2D eigenvalue weighted by atomic mass is 10.1. The average Bonchev–Trinajstić information content (AvgIpc) is 3.35. The first kappa shape index (κ1) is 53.6. The second kappa shape index (κ2) is 27.6. The van der Waals surface area contributed by atoms with Crippen molar-refractivity contribution in [1.82, 2.24) is 0 Å². The molecule has 0 radical (unpaired) electrons. The van der Waals surface area contributed by atoms with E-state index in [-0.39, 0.29) is 65.3 Å². The van der Waals surface area contributed by atoms with Gasteiger partial charge in [0.15, 0.2) is 11.5 Å². The van der Waals surface area contributed by atoms with E-state index in [0.29, 0.717) is 30.1 Å². The van der Waals surface area contributed by atoms with Gasteiger partial charge in [-0.05, 0) is 121 Å². The molecule has 70 heavy (non-hydrogen) atoms. The molecule has 0 aliphatic heterocycles. The fraction of sp³-hybridized carbons (Fsp3) is 0.321. The number of carbonyl (C=O) groups is 4. The quantitative estimate of drug-likeness (QED) is 0.0295. The van der Waals surface area contributed by atoms with Gasteiger partial charge in [-0.1, -0.05) is 149 Å². The van der Waals surface area contributed by atoms with Crippen molar-refractivity contribution < 1.29 is 47.6 Å². The Morgan fingerprint density at radius 2 is 0.657 bits per heavy atom. The van der Waals surface area contributed by atoms with Crippen molar-refractivity contribution in [2.24, 2.45) is 0 Å². The van der Waals surface area contributed by atoms with Gasteiger partial charge in [0, 0.05) is 0 Å². The van der Waals surface area contributed by atoms with Crippen LogP contribution in [0.1, 0.15) is 145 Å². The molecule has 0 aromatic heterocycles. The molecule has 10 nitrogen and oxygen atoms in total. The third-order valence-electron chi connectivity index (χ3n) is 11.3. The highest BCUT2D eigenvalue weighted by Gasteiger charge is 2.22. The van der Waals surface area contributed by atoms with Gasteiger partial charge in [-0.15, -0.1) is 0 Å². The molecule has 368 valence electrons. The second-order valence-corrected chi connectivity index (χ2v) is 18.4. The van der Waals surface area contributed by atoms with Crippen molar-refractivity contribution in [2.45, 2.75) is 104 Å². The Morgan fingerprint density at radius 1 is 0.343 bits per heavy atom. The maximum absolute atomic E-state index is 13.3. The van der Waals surface area contributed by atoms with Crippen LogP contribution in [-0.4, -0.2) is 37.1 Å². The zero-order valence-corrected chi connectivity index (χ0v) is 42.3. The summed E-state index contributed by atoms with van der Waals surface area (Å²) >= 11 is 25.9. The number of fused-ring (bicyclic) bond motifs is 1. The molecule has 0 heterocycles. The minimum Gasteiger partial charge on any atom is -0.494 e. The summed E-state index contributed by atoms with van der Waals surface area (Å²) in [6, 6.07) is 28.1. The Balaban J connectivity index is 0.995. The van der Waals surface area contributed by atoms with Gasteiger partial charge >= 0.3 is 23.9 Å². The van der Waals surface area contributed by atoms with Gasteiger partial charge in [0.25, 0.3) is 0 Å². The van der Waals surface area contributed by atoms with Crippen LogP contribution in [-0.2, 0) is 0 Å². The summed E-state index contributed by atoms with van der Waals surface area (Å²) in [7, 11) is 0. The van der Waals surface area contributed by atoms with Gasteiger partial charge in [-0.25, -0.2) is 19.2 Å². The molecule has 0 aliphatic carbocycles. The Bertz CT molecular complexity index is 2490. The molecular formula is C56H56Cl4O10. The van der Waals surface area contributed by atoms with Crippen LogP contribution in [0.25, 0.3) is 10.8 Å². The van der Waals surface area contributed by atoms with Crippen molar-refractivity contribution in [2.75, 3.05) is 13.2 Å². The van der Waals surface area contributed by atoms with E-state index in [1.165, 1.54) is 88.5 Å². The van der Waals surface area contributed by atoms with Gasteiger partial charge in [0.1, 0.15) is 23.0 Å². The van der Waals surface area contributed by atoms with Crippen molar-refractivity contribution in [3.63, 3.8) is 0 Å². The van der Waals surface area contributed by atoms with Crippen LogP contribution in [0.4, 0.5) is 0 Å². The average molecular weight is 1030 g/mol. The smallest absolute Gasteiger partial charge is 0.343 e. The molecule has 0 N–H and O–H groups in total. The summed E-state index contributed by atoms with van der Waals surface area (Å²) in [6.45, 7) is 5.60. The lowest BCUT2D eigenvalue weighted by Crippen LogP contribution is -2.12. The molecule has 0 aliphatic rings. The minimum absolute atomic E-state index is 0.00601. The van der Waals surface area contributed by atoms with Crippen LogP contribution in [0.2, 0.25) is 20.1 Å². The predicted molar refractivity (Wildman–Crippen MR) is 277 cm³/mol. The number of unbranched alkanes of at least 4 members (excludes halogenated alkanes) is 12. The Morgan fingerprint density at radius 3 is 1.01 bits per heavy atom. The Hall–Kier alpha value is -5.78.